The third kappa shape index (κ3) is 6.77. The zero-order valence-corrected chi connectivity index (χ0v) is 25.6. The van der Waals surface area contributed by atoms with Gasteiger partial charge in [0.15, 0.2) is 0 Å². The van der Waals surface area contributed by atoms with Crippen molar-refractivity contribution >= 4 is 23.1 Å². The molecule has 42 heavy (non-hydrogen) atoms. The van der Waals surface area contributed by atoms with E-state index in [9.17, 15) is 4.79 Å². The lowest BCUT2D eigenvalue weighted by atomic mass is 9.79. The van der Waals surface area contributed by atoms with Crippen molar-refractivity contribution in [1.82, 2.24) is 20.2 Å². The molecule has 9 heteroatoms. The molecule has 1 atom stereocenters. The van der Waals surface area contributed by atoms with Crippen molar-refractivity contribution in [2.24, 2.45) is 22.4 Å². The van der Waals surface area contributed by atoms with Crippen LogP contribution >= 0.6 is 0 Å². The summed E-state index contributed by atoms with van der Waals surface area (Å²) in [6, 6.07) is 8.41. The van der Waals surface area contributed by atoms with Crippen LogP contribution in [0, 0.1) is 17.3 Å². The lowest BCUT2D eigenvalue weighted by molar-refractivity contribution is -0.134. The number of ether oxygens (including phenoxy) is 1. The second kappa shape index (κ2) is 13.7. The molecule has 3 aliphatic rings. The quantitative estimate of drug-likeness (QED) is 0.393. The molecule has 3 fully saturated rings. The van der Waals surface area contributed by atoms with Gasteiger partial charge >= 0.3 is 0 Å². The van der Waals surface area contributed by atoms with Crippen LogP contribution in [0.3, 0.4) is 0 Å². The largest absolute Gasteiger partial charge is 0.493 e. The van der Waals surface area contributed by atoms with Gasteiger partial charge in [-0.15, -0.1) is 0 Å². The molecule has 1 amide bonds. The Morgan fingerprint density at radius 1 is 1.19 bits per heavy atom. The van der Waals surface area contributed by atoms with Crippen molar-refractivity contribution in [1.29, 1.82) is 0 Å². The maximum Gasteiger partial charge on any atom is 0.225 e. The summed E-state index contributed by atoms with van der Waals surface area (Å²) in [6.45, 7) is 11.9. The molecule has 3 saturated heterocycles. The number of aromatic nitrogens is 2. The van der Waals surface area contributed by atoms with Gasteiger partial charge in [0.1, 0.15) is 12.9 Å². The summed E-state index contributed by atoms with van der Waals surface area (Å²) in [5, 5.41) is 7.57. The van der Waals surface area contributed by atoms with Gasteiger partial charge in [0.25, 0.3) is 0 Å². The van der Waals surface area contributed by atoms with E-state index in [0.29, 0.717) is 12.5 Å². The number of oxime groups is 1. The molecule has 2 aromatic rings. The summed E-state index contributed by atoms with van der Waals surface area (Å²) in [5.74, 6) is 2.42. The minimum Gasteiger partial charge on any atom is -0.493 e. The van der Waals surface area contributed by atoms with E-state index in [1.54, 1.807) is 7.11 Å². The molecule has 4 heterocycles. The van der Waals surface area contributed by atoms with Crippen LogP contribution in [0.4, 0.5) is 5.95 Å². The van der Waals surface area contributed by atoms with Crippen molar-refractivity contribution in [2.45, 2.75) is 52.9 Å². The van der Waals surface area contributed by atoms with Crippen molar-refractivity contribution in [3.63, 3.8) is 0 Å². The molecule has 1 aromatic heterocycles. The van der Waals surface area contributed by atoms with Gasteiger partial charge in [-0.2, -0.15) is 0 Å². The lowest BCUT2D eigenvalue weighted by Crippen LogP contribution is -2.58. The first-order valence-corrected chi connectivity index (χ1v) is 15.5. The fraction of sp³-hybridized carbons (Fsp3) is 0.576. The van der Waals surface area contributed by atoms with E-state index in [-0.39, 0.29) is 17.2 Å². The molecular formula is C33H46N6O3. The van der Waals surface area contributed by atoms with Crippen molar-refractivity contribution < 1.29 is 14.4 Å². The van der Waals surface area contributed by atoms with Crippen LogP contribution in [0.15, 0.2) is 47.9 Å². The Balaban J connectivity index is 1.06. The number of hydrogen-bond donors (Lipinski definition) is 1. The third-order valence-electron chi connectivity index (χ3n) is 9.21. The first-order valence-electron chi connectivity index (χ1n) is 15.5. The number of hydrogen-bond acceptors (Lipinski definition) is 8. The predicted octanol–water partition coefficient (Wildman–Crippen LogP) is 4.59. The Hall–Kier alpha value is -3.46. The fourth-order valence-corrected chi connectivity index (χ4v) is 6.23. The summed E-state index contributed by atoms with van der Waals surface area (Å²) < 4.78 is 6.19. The Bertz CT molecular complexity index is 1250. The normalized spacial score (nSPS) is 20.6. The number of rotatable bonds is 11. The summed E-state index contributed by atoms with van der Waals surface area (Å²) >= 11 is 0. The third-order valence-corrected chi connectivity index (χ3v) is 9.21. The summed E-state index contributed by atoms with van der Waals surface area (Å²) in [5.41, 5.74) is 4.55. The average molecular weight is 575 g/mol. The topological polar surface area (TPSA) is 92.2 Å². The molecule has 1 aromatic carbocycles. The Morgan fingerprint density at radius 2 is 1.90 bits per heavy atom. The molecule has 1 unspecified atom stereocenters. The predicted molar refractivity (Wildman–Crippen MR) is 167 cm³/mol. The van der Waals surface area contributed by atoms with Crippen molar-refractivity contribution in [2.75, 3.05) is 57.9 Å². The van der Waals surface area contributed by atoms with Gasteiger partial charge in [0.05, 0.1) is 24.3 Å². The second-order valence-corrected chi connectivity index (χ2v) is 12.1. The highest BCUT2D eigenvalue weighted by Crippen LogP contribution is 2.34. The van der Waals surface area contributed by atoms with Crippen LogP contribution < -0.4 is 15.0 Å². The van der Waals surface area contributed by atoms with E-state index in [4.69, 9.17) is 9.57 Å². The molecule has 1 N–H and O–H groups in total. The first-order chi connectivity index (χ1) is 20.4. The molecule has 3 aliphatic heterocycles. The second-order valence-electron chi connectivity index (χ2n) is 12.1. The van der Waals surface area contributed by atoms with Crippen LogP contribution in [-0.4, -0.2) is 79.5 Å². The number of nitrogens with zero attached hydrogens (tertiary/aromatic N) is 5. The van der Waals surface area contributed by atoms with Gasteiger partial charge < -0.3 is 24.7 Å². The van der Waals surface area contributed by atoms with Crippen LogP contribution in [0.2, 0.25) is 0 Å². The summed E-state index contributed by atoms with van der Waals surface area (Å²) in [6.07, 6.45) is 10.8. The van der Waals surface area contributed by atoms with Crippen molar-refractivity contribution in [3.8, 4) is 5.75 Å². The van der Waals surface area contributed by atoms with E-state index < -0.39 is 0 Å². The number of allylic oxidation sites excluding steroid dienone is 2. The first kappa shape index (κ1) is 30.0. The number of carbonyl (C=O) groups is 1. The highest BCUT2D eigenvalue weighted by molar-refractivity contribution is 5.99. The molecule has 0 aliphatic carbocycles. The molecular weight excluding hydrogens is 528 g/mol. The zero-order valence-electron chi connectivity index (χ0n) is 25.6. The zero-order chi connectivity index (χ0) is 29.5. The smallest absolute Gasteiger partial charge is 0.225 e. The van der Waals surface area contributed by atoms with Gasteiger partial charge in [-0.25, -0.2) is 9.97 Å². The van der Waals surface area contributed by atoms with E-state index in [2.05, 4.69) is 69.5 Å². The van der Waals surface area contributed by atoms with E-state index in [0.717, 1.165) is 88.8 Å². The maximum absolute atomic E-state index is 13.3. The van der Waals surface area contributed by atoms with Crippen molar-refractivity contribution in [3.05, 3.63) is 53.9 Å². The van der Waals surface area contributed by atoms with Crippen LogP contribution in [0.5, 0.6) is 5.75 Å². The number of amides is 1. The monoisotopic (exact) mass is 574 g/mol. The highest BCUT2D eigenvalue weighted by Gasteiger charge is 2.50. The van der Waals surface area contributed by atoms with Crippen LogP contribution in [-0.2, 0) is 16.1 Å². The van der Waals surface area contributed by atoms with Crippen LogP contribution in [0.25, 0.3) is 5.57 Å². The Labute approximate surface area is 250 Å². The average Bonchev–Trinajstić information content (AvgIpc) is 3.41. The van der Waals surface area contributed by atoms with Gasteiger partial charge in [-0.1, -0.05) is 37.2 Å². The van der Waals surface area contributed by atoms with Gasteiger partial charge in [0.2, 0.25) is 11.9 Å². The minimum absolute atomic E-state index is 0.0446. The van der Waals surface area contributed by atoms with Gasteiger partial charge in [-0.05, 0) is 73.8 Å². The molecule has 1 spiro atoms. The fourth-order valence-electron chi connectivity index (χ4n) is 6.23. The maximum atomic E-state index is 13.3. The van der Waals surface area contributed by atoms with Crippen LogP contribution in [0.1, 0.15) is 57.6 Å². The molecule has 0 radical (unpaired) electrons. The Morgan fingerprint density at radius 3 is 2.50 bits per heavy atom. The summed E-state index contributed by atoms with van der Waals surface area (Å²) in [7, 11) is 1.57. The molecule has 226 valence electrons. The number of aryl methyl sites for hydroxylation is 1. The van der Waals surface area contributed by atoms with E-state index in [1.807, 2.05) is 24.2 Å². The standard InChI is InChI=1S/C33H46N6O3/c1-5-25-17-35-32(36-18-25)38-15-13-26(14-16-38)20-42-29-11-9-28(10-12-29)27(6-2)8-7-24(3)31(40)39-19-30(37-41-4)33(23-39)21-34-22-33/h6,9-12,17-18,24,26,34H,5,7-8,13-16,19-23H2,1-4H3. The number of likely N-dealkylation sites (tertiary alicyclic amines) is 1. The van der Waals surface area contributed by atoms with E-state index in [1.165, 1.54) is 16.7 Å². The summed E-state index contributed by atoms with van der Waals surface area (Å²) in [4.78, 5) is 31.7. The number of benzene rings is 1. The highest BCUT2D eigenvalue weighted by atomic mass is 16.6. The minimum atomic E-state index is -0.0526. The molecule has 0 bridgehead atoms. The number of carbonyl (C=O) groups excluding carboxylic acids is 1. The lowest BCUT2D eigenvalue weighted by Gasteiger charge is -2.38. The molecule has 5 rings (SSSR count). The Kier molecular flexibility index (Phi) is 9.77. The number of anilines is 1. The number of nitrogens with one attached hydrogen (secondary N) is 1. The van der Waals surface area contributed by atoms with Gasteiger partial charge in [0, 0.05) is 51.0 Å². The molecule has 9 nitrogen and oxygen atoms in total. The SMILES string of the molecule is CC=C(CCC(C)C(=O)N1CC(=NOC)C2(CNC2)C1)c1ccc(OCC2CCN(c3ncc(CC)cn3)CC2)cc1. The molecule has 0 saturated carbocycles. The van der Waals surface area contributed by atoms with Gasteiger partial charge in [-0.3, -0.25) is 4.79 Å². The number of piperidine rings is 1. The van der Waals surface area contributed by atoms with E-state index >= 15 is 0 Å².